The van der Waals surface area contributed by atoms with Gasteiger partial charge >= 0.3 is 12.1 Å². The second kappa shape index (κ2) is 5.12. The molecule has 1 saturated heterocycles. The Kier molecular flexibility index (Phi) is 3.82. The van der Waals surface area contributed by atoms with Crippen molar-refractivity contribution in [1.82, 2.24) is 0 Å². The van der Waals surface area contributed by atoms with E-state index in [2.05, 4.69) is 4.74 Å². The van der Waals surface area contributed by atoms with Gasteiger partial charge in [-0.05, 0) is 18.4 Å². The molecule has 0 radical (unpaired) electrons. The Balaban J connectivity index is 2.30. The van der Waals surface area contributed by atoms with Crippen molar-refractivity contribution in [2.24, 2.45) is 5.92 Å². The van der Waals surface area contributed by atoms with Gasteiger partial charge in [-0.3, -0.25) is 0 Å². The van der Waals surface area contributed by atoms with Gasteiger partial charge in [0.25, 0.3) is 0 Å². The summed E-state index contributed by atoms with van der Waals surface area (Å²) < 4.78 is 49.8. The average Bonchev–Trinajstić information content (AvgIpc) is 2.85. The van der Waals surface area contributed by atoms with E-state index in [-0.39, 0.29) is 17.2 Å². The molecule has 1 aliphatic heterocycles. The van der Waals surface area contributed by atoms with Crippen molar-refractivity contribution in [3.8, 4) is 0 Å². The fourth-order valence-electron chi connectivity index (χ4n) is 2.16. The third-order valence-corrected chi connectivity index (χ3v) is 4.16. The smallest absolute Gasteiger partial charge is 0.434 e. The number of hydrogen-bond acceptors (Lipinski definition) is 4. The van der Waals surface area contributed by atoms with Gasteiger partial charge in [0.2, 0.25) is 5.60 Å². The lowest BCUT2D eigenvalue weighted by atomic mass is 9.79. The summed E-state index contributed by atoms with van der Waals surface area (Å²) in [4.78, 5) is 11.4. The van der Waals surface area contributed by atoms with Crippen LogP contribution in [0.1, 0.15) is 18.7 Å². The van der Waals surface area contributed by atoms with E-state index >= 15 is 0 Å². The molecule has 0 spiro atoms. The number of ether oxygens (including phenoxy) is 2. The van der Waals surface area contributed by atoms with Crippen molar-refractivity contribution in [2.45, 2.75) is 25.6 Å². The zero-order valence-electron chi connectivity index (χ0n) is 10.9. The van der Waals surface area contributed by atoms with E-state index in [1.54, 1.807) is 12.3 Å². The van der Waals surface area contributed by atoms with Gasteiger partial charge in [0.05, 0.1) is 23.5 Å². The molecular weight excluding hydrogens is 293 g/mol. The summed E-state index contributed by atoms with van der Waals surface area (Å²) in [6.45, 7) is 3.17. The molecule has 20 heavy (non-hydrogen) atoms. The third-order valence-electron chi connectivity index (χ3n) is 3.17. The van der Waals surface area contributed by atoms with Crippen molar-refractivity contribution in [1.29, 1.82) is 0 Å². The molecule has 1 fully saturated rings. The van der Waals surface area contributed by atoms with Crippen molar-refractivity contribution in [2.75, 3.05) is 6.61 Å². The maximum Gasteiger partial charge on any atom is 0.434 e. The summed E-state index contributed by atoms with van der Waals surface area (Å²) in [5.41, 5.74) is -2.36. The first-order valence-corrected chi connectivity index (χ1v) is 6.89. The van der Waals surface area contributed by atoms with Gasteiger partial charge in [-0.2, -0.15) is 13.2 Å². The largest absolute Gasteiger partial charge is 0.475 e. The molecule has 110 valence electrons. The third kappa shape index (κ3) is 2.19. The number of rotatable bonds is 3. The molecule has 2 rings (SSSR count). The monoisotopic (exact) mass is 306 g/mol. The number of hydrogen-bond donors (Lipinski definition) is 0. The Morgan fingerprint density at radius 3 is 2.75 bits per heavy atom. The number of thiophene rings is 1. The summed E-state index contributed by atoms with van der Waals surface area (Å²) in [6, 6.07) is 2.92. The highest BCUT2D eigenvalue weighted by molar-refractivity contribution is 7.10. The second-order valence-corrected chi connectivity index (χ2v) is 5.28. The molecule has 3 nitrogen and oxygen atoms in total. The molecule has 0 unspecified atom stereocenters. The molecule has 1 aliphatic rings. The van der Waals surface area contributed by atoms with Crippen LogP contribution in [-0.4, -0.2) is 18.8 Å². The highest BCUT2D eigenvalue weighted by Gasteiger charge is 2.69. The highest BCUT2D eigenvalue weighted by Crippen LogP contribution is 2.59. The van der Waals surface area contributed by atoms with E-state index in [4.69, 9.17) is 4.74 Å². The minimum atomic E-state index is -4.55. The number of alkyl halides is 3. The van der Waals surface area contributed by atoms with Gasteiger partial charge in [-0.15, -0.1) is 11.3 Å². The summed E-state index contributed by atoms with van der Waals surface area (Å²) in [6.07, 6.45) is -3.57. The van der Waals surface area contributed by atoms with E-state index in [0.717, 1.165) is 17.4 Å². The summed E-state index contributed by atoms with van der Waals surface area (Å²) >= 11 is 0.979. The van der Waals surface area contributed by atoms with Gasteiger partial charge in [-0.1, -0.05) is 13.0 Å². The maximum atomic E-state index is 13.4. The SMILES string of the molecule is CCOC(=O)C=C1O[C@](c2cccs2)(C(F)(F)F)[C@@H]1C. The molecule has 0 aromatic carbocycles. The Morgan fingerprint density at radius 2 is 2.30 bits per heavy atom. The van der Waals surface area contributed by atoms with Crippen molar-refractivity contribution >= 4 is 17.3 Å². The van der Waals surface area contributed by atoms with Gasteiger partial charge in [-0.25, -0.2) is 4.79 Å². The van der Waals surface area contributed by atoms with E-state index in [9.17, 15) is 18.0 Å². The lowest BCUT2D eigenvalue weighted by molar-refractivity contribution is -0.331. The van der Waals surface area contributed by atoms with Gasteiger partial charge in [0.15, 0.2) is 0 Å². The van der Waals surface area contributed by atoms with Crippen LogP contribution in [0.4, 0.5) is 13.2 Å². The number of esters is 1. The maximum absolute atomic E-state index is 13.4. The molecule has 1 aromatic rings. The second-order valence-electron chi connectivity index (χ2n) is 4.33. The normalized spacial score (nSPS) is 27.9. The topological polar surface area (TPSA) is 35.5 Å². The molecule has 0 bridgehead atoms. The Bertz CT molecular complexity index is 521. The fourth-order valence-corrected chi connectivity index (χ4v) is 3.13. The molecule has 7 heteroatoms. The van der Waals surface area contributed by atoms with Crippen LogP contribution in [-0.2, 0) is 19.9 Å². The molecule has 2 heterocycles. The van der Waals surface area contributed by atoms with Gasteiger partial charge < -0.3 is 9.47 Å². The predicted octanol–water partition coefficient (Wildman–Crippen LogP) is 3.62. The number of halogens is 3. The molecular formula is C13H13F3O3S. The minimum absolute atomic E-state index is 0.00539. The minimum Gasteiger partial charge on any atom is -0.475 e. The van der Waals surface area contributed by atoms with E-state index in [1.165, 1.54) is 19.1 Å². The first kappa shape index (κ1) is 14.9. The lowest BCUT2D eigenvalue weighted by Gasteiger charge is -2.49. The van der Waals surface area contributed by atoms with Crippen molar-refractivity contribution < 1.29 is 27.4 Å². The molecule has 0 saturated carbocycles. The predicted molar refractivity (Wildman–Crippen MR) is 67.0 cm³/mol. The number of carbonyl (C=O) groups excluding carboxylic acids is 1. The van der Waals surface area contributed by atoms with Crippen LogP contribution in [0, 0.1) is 5.92 Å². The van der Waals surface area contributed by atoms with Crippen molar-refractivity contribution in [3.05, 3.63) is 34.2 Å². The van der Waals surface area contributed by atoms with Crippen LogP contribution >= 0.6 is 11.3 Å². The van der Waals surface area contributed by atoms with E-state index in [0.29, 0.717) is 0 Å². The average molecular weight is 306 g/mol. The number of carbonyl (C=O) groups is 1. The van der Waals surface area contributed by atoms with Crippen LogP contribution in [0.2, 0.25) is 0 Å². The molecule has 0 amide bonds. The first-order valence-electron chi connectivity index (χ1n) is 6.01. The standard InChI is InChI=1S/C13H13F3O3S/c1-3-18-11(17)7-9-8(2)12(19-9,13(14,15)16)10-5-4-6-20-10/h4-8H,3H2,1-2H3/t8-,12-/m1/s1. The lowest BCUT2D eigenvalue weighted by Crippen LogP contribution is -2.57. The summed E-state index contributed by atoms with van der Waals surface area (Å²) in [7, 11) is 0. The van der Waals surface area contributed by atoms with Crippen LogP contribution in [0.5, 0.6) is 0 Å². The zero-order chi connectivity index (χ0) is 15.0. The fraction of sp³-hybridized carbons (Fsp3) is 0.462. The molecule has 0 aliphatic carbocycles. The first-order chi connectivity index (χ1) is 9.33. The summed E-state index contributed by atoms with van der Waals surface area (Å²) in [5, 5.41) is 1.56. The quantitative estimate of drug-likeness (QED) is 0.632. The molecule has 1 aromatic heterocycles. The van der Waals surface area contributed by atoms with Crippen LogP contribution < -0.4 is 0 Å². The molecule has 2 atom stereocenters. The van der Waals surface area contributed by atoms with Crippen LogP contribution in [0.15, 0.2) is 29.3 Å². The van der Waals surface area contributed by atoms with E-state index in [1.807, 2.05) is 0 Å². The Labute approximate surface area is 118 Å². The van der Waals surface area contributed by atoms with Gasteiger partial charge in [0, 0.05) is 0 Å². The van der Waals surface area contributed by atoms with Crippen molar-refractivity contribution in [3.63, 3.8) is 0 Å². The van der Waals surface area contributed by atoms with Gasteiger partial charge in [0.1, 0.15) is 5.76 Å². The summed E-state index contributed by atoms with van der Waals surface area (Å²) in [5.74, 6) is -1.67. The van der Waals surface area contributed by atoms with Crippen LogP contribution in [0.25, 0.3) is 0 Å². The highest BCUT2D eigenvalue weighted by atomic mass is 32.1. The molecule has 0 N–H and O–H groups in total. The van der Waals surface area contributed by atoms with Crippen LogP contribution in [0.3, 0.4) is 0 Å². The zero-order valence-corrected chi connectivity index (χ0v) is 11.7. The van der Waals surface area contributed by atoms with E-state index < -0.39 is 23.7 Å². The Hall–Kier alpha value is -1.50. The Morgan fingerprint density at radius 1 is 1.60 bits per heavy atom.